The zero-order chi connectivity index (χ0) is 18.9. The molecule has 4 atom stereocenters. The molecule has 1 aromatic carbocycles. The van der Waals surface area contributed by atoms with Gasteiger partial charge in [0.05, 0.1) is 35.3 Å². The highest BCUT2D eigenvalue weighted by Gasteiger charge is 2.70. The second-order valence-corrected chi connectivity index (χ2v) is 7.44. The minimum absolute atomic E-state index is 0.141. The van der Waals surface area contributed by atoms with Crippen molar-refractivity contribution >= 4 is 23.3 Å². The summed E-state index contributed by atoms with van der Waals surface area (Å²) in [6, 6.07) is 4.84. The topological polar surface area (TPSA) is 72.9 Å². The van der Waals surface area contributed by atoms with Gasteiger partial charge in [-0.3, -0.25) is 14.4 Å². The molecule has 1 aromatic rings. The summed E-state index contributed by atoms with van der Waals surface area (Å²) in [4.78, 5) is 39.4. The van der Waals surface area contributed by atoms with Crippen LogP contribution in [0.25, 0.3) is 0 Å². The Balaban J connectivity index is 1.83. The van der Waals surface area contributed by atoms with Gasteiger partial charge in [-0.05, 0) is 45.9 Å². The van der Waals surface area contributed by atoms with E-state index in [0.29, 0.717) is 23.6 Å². The maximum atomic E-state index is 13.2. The highest BCUT2D eigenvalue weighted by molar-refractivity contribution is 6.24. The number of imide groups is 1. The summed E-state index contributed by atoms with van der Waals surface area (Å²) in [7, 11) is 0. The van der Waals surface area contributed by atoms with Crippen LogP contribution in [0.3, 0.4) is 0 Å². The van der Waals surface area contributed by atoms with E-state index in [0.717, 1.165) is 0 Å². The second kappa shape index (κ2) is 5.27. The van der Waals surface area contributed by atoms with E-state index in [1.807, 2.05) is 32.9 Å². The number of anilines is 1. The Labute approximate surface area is 151 Å². The summed E-state index contributed by atoms with van der Waals surface area (Å²) in [5.74, 6) is -1.48. The third-order valence-corrected chi connectivity index (χ3v) is 5.63. The van der Waals surface area contributed by atoms with Crippen molar-refractivity contribution in [2.45, 2.75) is 38.9 Å². The van der Waals surface area contributed by atoms with Crippen molar-refractivity contribution in [2.24, 2.45) is 11.8 Å². The molecule has 4 rings (SSSR count). The predicted octanol–water partition coefficient (Wildman–Crippen LogP) is 2.51. The molecule has 0 aromatic heterocycles. The highest BCUT2D eigenvalue weighted by atomic mass is 16.5. The SMILES string of the molecule is CCOc1ccc(C(C)=O)cc1N1C(=O)[C@H]2[C@H](C1=O)[C@]1(C)C=C[C@]2(C)O1. The van der Waals surface area contributed by atoms with Gasteiger partial charge in [0.25, 0.3) is 0 Å². The van der Waals surface area contributed by atoms with Crippen LogP contribution in [0.2, 0.25) is 0 Å². The lowest BCUT2D eigenvalue weighted by molar-refractivity contribution is -0.128. The number of benzene rings is 1. The van der Waals surface area contributed by atoms with Crippen molar-refractivity contribution in [3.05, 3.63) is 35.9 Å². The average Bonchev–Trinajstić information content (AvgIpc) is 3.12. The molecule has 6 nitrogen and oxygen atoms in total. The van der Waals surface area contributed by atoms with Gasteiger partial charge in [-0.15, -0.1) is 0 Å². The zero-order valence-corrected chi connectivity index (χ0v) is 15.2. The first-order valence-electron chi connectivity index (χ1n) is 8.78. The van der Waals surface area contributed by atoms with Crippen molar-refractivity contribution in [1.82, 2.24) is 0 Å². The molecule has 136 valence electrons. The van der Waals surface area contributed by atoms with E-state index in [4.69, 9.17) is 9.47 Å². The van der Waals surface area contributed by atoms with Crippen molar-refractivity contribution in [3.8, 4) is 5.75 Å². The number of fused-ring (bicyclic) bond motifs is 5. The highest BCUT2D eigenvalue weighted by Crippen LogP contribution is 2.58. The minimum atomic E-state index is -0.787. The lowest BCUT2D eigenvalue weighted by Crippen LogP contribution is -2.39. The van der Waals surface area contributed by atoms with E-state index in [1.54, 1.807) is 18.2 Å². The molecule has 0 N–H and O–H groups in total. The molecule has 0 aliphatic carbocycles. The first-order valence-corrected chi connectivity index (χ1v) is 8.78. The molecule has 6 heteroatoms. The lowest BCUT2D eigenvalue weighted by atomic mass is 9.73. The van der Waals surface area contributed by atoms with Gasteiger partial charge in [0.15, 0.2) is 5.78 Å². The summed E-state index contributed by atoms with van der Waals surface area (Å²) >= 11 is 0. The van der Waals surface area contributed by atoms with Crippen LogP contribution in [0.15, 0.2) is 30.4 Å². The molecule has 0 radical (unpaired) electrons. The standard InChI is InChI=1S/C20H21NO5/c1-5-25-14-7-6-12(11(2)22)10-13(14)21-17(23)15-16(18(21)24)20(4)9-8-19(15,3)26-20/h6-10,15-16H,5H2,1-4H3/t15-,16-,19+,20+/m1/s1. The van der Waals surface area contributed by atoms with E-state index in [9.17, 15) is 14.4 Å². The Morgan fingerprint density at radius 2 is 1.73 bits per heavy atom. The van der Waals surface area contributed by atoms with Gasteiger partial charge in [-0.1, -0.05) is 12.2 Å². The number of Topliss-reactive ketones (excluding diaryl/α,β-unsaturated/α-hetero) is 1. The molecule has 0 saturated carbocycles. The van der Waals surface area contributed by atoms with Crippen molar-refractivity contribution in [1.29, 1.82) is 0 Å². The van der Waals surface area contributed by atoms with Crippen LogP contribution in [-0.2, 0) is 14.3 Å². The number of nitrogens with zero attached hydrogens (tertiary/aromatic N) is 1. The summed E-state index contributed by atoms with van der Waals surface area (Å²) in [6.45, 7) is 7.33. The lowest BCUT2D eigenvalue weighted by Gasteiger charge is -2.26. The van der Waals surface area contributed by atoms with Crippen LogP contribution in [0.5, 0.6) is 5.75 Å². The van der Waals surface area contributed by atoms with Gasteiger partial charge in [-0.25, -0.2) is 4.90 Å². The van der Waals surface area contributed by atoms with Crippen molar-refractivity contribution < 1.29 is 23.9 Å². The third kappa shape index (κ3) is 2.05. The Kier molecular flexibility index (Phi) is 3.44. The number of carbonyl (C=O) groups is 3. The predicted molar refractivity (Wildman–Crippen MR) is 94.1 cm³/mol. The number of ketones is 1. The number of amides is 2. The van der Waals surface area contributed by atoms with E-state index in [2.05, 4.69) is 0 Å². The fraction of sp³-hybridized carbons (Fsp3) is 0.450. The number of carbonyl (C=O) groups excluding carboxylic acids is 3. The summed E-state index contributed by atoms with van der Waals surface area (Å²) < 4.78 is 11.6. The maximum Gasteiger partial charge on any atom is 0.241 e. The van der Waals surface area contributed by atoms with Gasteiger partial charge < -0.3 is 9.47 Å². The van der Waals surface area contributed by atoms with Crippen LogP contribution in [0.4, 0.5) is 5.69 Å². The summed E-state index contributed by atoms with van der Waals surface area (Å²) in [5, 5.41) is 0. The third-order valence-electron chi connectivity index (χ3n) is 5.63. The largest absolute Gasteiger partial charge is 0.492 e. The Morgan fingerprint density at radius 1 is 1.15 bits per heavy atom. The van der Waals surface area contributed by atoms with E-state index in [-0.39, 0.29) is 17.6 Å². The first kappa shape index (κ1) is 17.0. The number of hydrogen-bond donors (Lipinski definition) is 0. The van der Waals surface area contributed by atoms with Crippen molar-refractivity contribution in [2.75, 3.05) is 11.5 Å². The van der Waals surface area contributed by atoms with Crippen LogP contribution >= 0.6 is 0 Å². The summed E-state index contributed by atoms with van der Waals surface area (Å²) in [5.41, 5.74) is -0.818. The van der Waals surface area contributed by atoms with Gasteiger partial charge >= 0.3 is 0 Å². The molecule has 2 bridgehead atoms. The molecule has 2 saturated heterocycles. The van der Waals surface area contributed by atoms with Crippen LogP contribution in [-0.4, -0.2) is 35.4 Å². The number of hydrogen-bond acceptors (Lipinski definition) is 5. The minimum Gasteiger partial charge on any atom is -0.492 e. The molecule has 3 heterocycles. The Bertz CT molecular complexity index is 839. The molecule has 2 amide bonds. The van der Waals surface area contributed by atoms with Gasteiger partial charge in [0, 0.05) is 5.56 Å². The van der Waals surface area contributed by atoms with E-state index < -0.39 is 23.0 Å². The summed E-state index contributed by atoms with van der Waals surface area (Å²) in [6.07, 6.45) is 3.75. The zero-order valence-electron chi connectivity index (χ0n) is 15.2. The maximum absolute atomic E-state index is 13.2. The van der Waals surface area contributed by atoms with Crippen LogP contribution in [0.1, 0.15) is 38.1 Å². The molecular weight excluding hydrogens is 334 g/mol. The van der Waals surface area contributed by atoms with Crippen LogP contribution < -0.4 is 9.64 Å². The van der Waals surface area contributed by atoms with E-state index >= 15 is 0 Å². The molecule has 0 spiro atoms. The van der Waals surface area contributed by atoms with Gasteiger partial charge in [0.2, 0.25) is 11.8 Å². The van der Waals surface area contributed by atoms with Crippen molar-refractivity contribution in [3.63, 3.8) is 0 Å². The average molecular weight is 355 g/mol. The monoisotopic (exact) mass is 355 g/mol. The Hall–Kier alpha value is -2.47. The van der Waals surface area contributed by atoms with Gasteiger partial charge in [0.1, 0.15) is 5.75 Å². The quantitative estimate of drug-likeness (QED) is 0.471. The second-order valence-electron chi connectivity index (χ2n) is 7.44. The molecular formula is C20H21NO5. The normalized spacial score (nSPS) is 34.5. The fourth-order valence-corrected chi connectivity index (χ4v) is 4.46. The molecule has 3 aliphatic heterocycles. The molecule has 3 aliphatic rings. The number of rotatable bonds is 4. The van der Waals surface area contributed by atoms with Crippen LogP contribution in [0, 0.1) is 11.8 Å². The van der Waals surface area contributed by atoms with E-state index in [1.165, 1.54) is 11.8 Å². The number of ether oxygens (including phenoxy) is 2. The van der Waals surface area contributed by atoms with Gasteiger partial charge in [-0.2, -0.15) is 0 Å². The smallest absolute Gasteiger partial charge is 0.241 e. The molecule has 0 unspecified atom stereocenters. The first-order chi connectivity index (χ1) is 12.2. The Morgan fingerprint density at radius 3 is 2.23 bits per heavy atom. The molecule has 26 heavy (non-hydrogen) atoms. The molecule has 2 fully saturated rings. The fourth-order valence-electron chi connectivity index (χ4n) is 4.46.